The van der Waals surface area contributed by atoms with Gasteiger partial charge in [0, 0.05) is 47.4 Å². The summed E-state index contributed by atoms with van der Waals surface area (Å²) >= 11 is 3.02. The molecule has 2 aromatic rings. The Morgan fingerprint density at radius 3 is 2.90 bits per heavy atom. The molecule has 0 spiro atoms. The Hall–Kier alpha value is -0.800. The lowest BCUT2D eigenvalue weighted by Crippen LogP contribution is -2.25. The lowest BCUT2D eigenvalue weighted by Gasteiger charge is -2.03. The van der Waals surface area contributed by atoms with Gasteiger partial charge in [0.25, 0.3) is 0 Å². The van der Waals surface area contributed by atoms with Crippen LogP contribution in [0.3, 0.4) is 0 Å². The number of aromatic nitrogens is 1. The van der Waals surface area contributed by atoms with Crippen LogP contribution in [0.5, 0.6) is 0 Å². The Morgan fingerprint density at radius 1 is 1.33 bits per heavy atom. The molecule has 1 aliphatic carbocycles. The van der Waals surface area contributed by atoms with Crippen LogP contribution in [0.1, 0.15) is 22.7 Å². The minimum atomic E-state index is -3.41. The lowest BCUT2D eigenvalue weighted by molar-refractivity contribution is 0.582. The summed E-state index contributed by atoms with van der Waals surface area (Å²) in [5.41, 5.74) is 0. The van der Waals surface area contributed by atoms with Crippen molar-refractivity contribution in [2.75, 3.05) is 6.54 Å². The van der Waals surface area contributed by atoms with Crippen molar-refractivity contribution in [2.24, 2.45) is 0 Å². The van der Waals surface area contributed by atoms with E-state index in [-0.39, 0.29) is 0 Å². The molecule has 1 saturated carbocycles. The van der Waals surface area contributed by atoms with E-state index in [0.29, 0.717) is 23.9 Å². The number of rotatable bonds is 8. The van der Waals surface area contributed by atoms with Crippen LogP contribution < -0.4 is 10.0 Å². The van der Waals surface area contributed by atoms with Gasteiger partial charge < -0.3 is 5.32 Å². The van der Waals surface area contributed by atoms with Crippen molar-refractivity contribution in [3.8, 4) is 0 Å². The summed E-state index contributed by atoms with van der Waals surface area (Å²) in [6, 6.07) is 2.38. The standard InChI is InChI=1S/C13H17N3O2S3/c17-21(18,16-4-3-13-14-5-6-19-13)12-7-11(20-9-12)8-15-10-1-2-10/h5-7,9-10,15-16H,1-4,8H2. The fourth-order valence-electron chi connectivity index (χ4n) is 1.88. The Kier molecular flexibility index (Phi) is 4.70. The van der Waals surface area contributed by atoms with E-state index in [9.17, 15) is 8.42 Å². The van der Waals surface area contributed by atoms with Crippen LogP contribution in [-0.2, 0) is 23.0 Å². The van der Waals surface area contributed by atoms with E-state index in [1.807, 2.05) is 5.38 Å². The molecule has 0 aliphatic heterocycles. The zero-order valence-electron chi connectivity index (χ0n) is 11.4. The van der Waals surface area contributed by atoms with E-state index in [4.69, 9.17) is 0 Å². The van der Waals surface area contributed by atoms with E-state index in [0.717, 1.165) is 16.4 Å². The minimum absolute atomic E-state index is 0.360. The smallest absolute Gasteiger partial charge is 0.241 e. The second-order valence-electron chi connectivity index (χ2n) is 4.98. The Morgan fingerprint density at radius 2 is 2.19 bits per heavy atom. The molecule has 0 unspecified atom stereocenters. The normalized spacial score (nSPS) is 15.4. The summed E-state index contributed by atoms with van der Waals surface area (Å²) in [6.07, 6.45) is 4.81. The number of hydrogen-bond acceptors (Lipinski definition) is 6. The monoisotopic (exact) mass is 343 g/mol. The van der Waals surface area contributed by atoms with Crippen molar-refractivity contribution in [1.82, 2.24) is 15.0 Å². The predicted octanol–water partition coefficient (Wildman–Crippen LogP) is 1.98. The predicted molar refractivity (Wildman–Crippen MR) is 85.2 cm³/mol. The van der Waals surface area contributed by atoms with Crippen LogP contribution in [0.4, 0.5) is 0 Å². The van der Waals surface area contributed by atoms with Gasteiger partial charge in [-0.2, -0.15) is 0 Å². The Balaban J connectivity index is 1.53. The van der Waals surface area contributed by atoms with Gasteiger partial charge in [-0.3, -0.25) is 0 Å². The Labute approximate surface area is 132 Å². The third-order valence-electron chi connectivity index (χ3n) is 3.20. The van der Waals surface area contributed by atoms with Crippen LogP contribution >= 0.6 is 22.7 Å². The number of thiophene rings is 1. The van der Waals surface area contributed by atoms with Gasteiger partial charge in [0.05, 0.1) is 9.90 Å². The quantitative estimate of drug-likeness (QED) is 0.769. The summed E-state index contributed by atoms with van der Waals surface area (Å²) < 4.78 is 27.0. The number of nitrogens with one attached hydrogen (secondary N) is 2. The molecule has 2 N–H and O–H groups in total. The van der Waals surface area contributed by atoms with Crippen molar-refractivity contribution in [3.05, 3.63) is 32.9 Å². The van der Waals surface area contributed by atoms with Gasteiger partial charge in [-0.25, -0.2) is 18.1 Å². The number of nitrogens with zero attached hydrogens (tertiary/aromatic N) is 1. The Bertz CT molecular complexity index is 675. The van der Waals surface area contributed by atoms with Gasteiger partial charge in [-0.15, -0.1) is 22.7 Å². The average molecular weight is 343 g/mol. The summed E-state index contributed by atoms with van der Waals surface area (Å²) in [4.78, 5) is 5.55. The molecule has 0 bridgehead atoms. The first-order valence-electron chi connectivity index (χ1n) is 6.82. The van der Waals surface area contributed by atoms with Gasteiger partial charge in [0.1, 0.15) is 0 Å². The van der Waals surface area contributed by atoms with Crippen molar-refractivity contribution >= 4 is 32.7 Å². The molecular formula is C13H17N3O2S3. The maximum atomic E-state index is 12.2. The number of thiazole rings is 1. The fourth-order valence-corrected chi connectivity index (χ4v) is 4.76. The first-order valence-corrected chi connectivity index (χ1v) is 10.1. The molecule has 3 rings (SSSR count). The molecule has 114 valence electrons. The van der Waals surface area contributed by atoms with E-state index in [1.54, 1.807) is 17.6 Å². The minimum Gasteiger partial charge on any atom is -0.309 e. The van der Waals surface area contributed by atoms with Crippen LogP contribution in [0, 0.1) is 0 Å². The van der Waals surface area contributed by atoms with Gasteiger partial charge in [0.2, 0.25) is 10.0 Å². The van der Waals surface area contributed by atoms with E-state index in [1.165, 1.54) is 35.5 Å². The zero-order chi connectivity index (χ0) is 14.7. The van der Waals surface area contributed by atoms with Gasteiger partial charge in [-0.1, -0.05) is 0 Å². The average Bonchev–Trinajstić information content (AvgIpc) is 2.93. The van der Waals surface area contributed by atoms with Gasteiger partial charge in [0.15, 0.2) is 0 Å². The topological polar surface area (TPSA) is 71.1 Å². The van der Waals surface area contributed by atoms with Crippen molar-refractivity contribution in [3.63, 3.8) is 0 Å². The molecule has 1 fully saturated rings. The van der Waals surface area contributed by atoms with E-state index in [2.05, 4.69) is 15.0 Å². The molecule has 0 atom stereocenters. The van der Waals surface area contributed by atoms with E-state index < -0.39 is 10.0 Å². The largest absolute Gasteiger partial charge is 0.309 e. The fraction of sp³-hybridized carbons (Fsp3) is 0.462. The van der Waals surface area contributed by atoms with Crippen molar-refractivity contribution in [2.45, 2.75) is 36.7 Å². The third-order valence-corrected chi connectivity index (χ3v) is 6.56. The molecule has 1 aliphatic rings. The SMILES string of the molecule is O=S(=O)(NCCc1nccs1)c1csc(CNC2CC2)c1. The summed E-state index contributed by atoms with van der Waals surface area (Å²) in [6.45, 7) is 1.13. The first kappa shape index (κ1) is 15.1. The van der Waals surface area contributed by atoms with Gasteiger partial charge in [-0.05, 0) is 18.9 Å². The maximum Gasteiger partial charge on any atom is 0.241 e. The summed E-state index contributed by atoms with van der Waals surface area (Å²) in [5.74, 6) is 0. The van der Waals surface area contributed by atoms with Crippen LogP contribution in [0.2, 0.25) is 0 Å². The highest BCUT2D eigenvalue weighted by molar-refractivity contribution is 7.89. The highest BCUT2D eigenvalue weighted by Gasteiger charge is 2.21. The molecule has 2 heterocycles. The highest BCUT2D eigenvalue weighted by atomic mass is 32.2. The molecule has 5 nitrogen and oxygen atoms in total. The second kappa shape index (κ2) is 6.53. The van der Waals surface area contributed by atoms with Crippen molar-refractivity contribution in [1.29, 1.82) is 0 Å². The first-order chi connectivity index (χ1) is 10.1. The summed E-state index contributed by atoms with van der Waals surface area (Å²) in [5, 5.41) is 7.92. The van der Waals surface area contributed by atoms with E-state index >= 15 is 0 Å². The lowest BCUT2D eigenvalue weighted by atomic mass is 10.4. The number of hydrogen-bond donors (Lipinski definition) is 2. The molecule has 21 heavy (non-hydrogen) atoms. The van der Waals surface area contributed by atoms with Crippen LogP contribution in [-0.4, -0.2) is 26.0 Å². The molecule has 0 aromatic carbocycles. The molecule has 2 aromatic heterocycles. The third kappa shape index (κ3) is 4.33. The number of sulfonamides is 1. The zero-order valence-corrected chi connectivity index (χ0v) is 13.9. The molecule has 0 saturated heterocycles. The van der Waals surface area contributed by atoms with Crippen LogP contribution in [0.15, 0.2) is 27.9 Å². The molecular weight excluding hydrogens is 326 g/mol. The maximum absolute atomic E-state index is 12.2. The van der Waals surface area contributed by atoms with Crippen LogP contribution in [0.25, 0.3) is 0 Å². The molecule has 0 radical (unpaired) electrons. The molecule has 0 amide bonds. The second-order valence-corrected chi connectivity index (χ2v) is 8.72. The highest BCUT2D eigenvalue weighted by Crippen LogP contribution is 2.22. The van der Waals surface area contributed by atoms with Gasteiger partial charge >= 0.3 is 0 Å². The summed E-state index contributed by atoms with van der Waals surface area (Å²) in [7, 11) is -3.41. The van der Waals surface area contributed by atoms with Crippen molar-refractivity contribution < 1.29 is 8.42 Å². The molecule has 8 heteroatoms.